The van der Waals surface area contributed by atoms with E-state index in [1.807, 2.05) is 26.0 Å². The molecule has 0 aromatic heterocycles. The van der Waals surface area contributed by atoms with Crippen molar-refractivity contribution < 1.29 is 0 Å². The summed E-state index contributed by atoms with van der Waals surface area (Å²) in [7, 11) is 6.78. The van der Waals surface area contributed by atoms with Crippen molar-refractivity contribution in [1.29, 1.82) is 0 Å². The Kier molecular flexibility index (Phi) is 53.1. The van der Waals surface area contributed by atoms with Gasteiger partial charge in [-0.3, -0.25) is 0 Å². The highest BCUT2D eigenvalue weighted by Crippen LogP contribution is 1.47. The molecule has 0 heterocycles. The Balaban J connectivity index is -0.0000000542. The molecule has 0 saturated heterocycles. The highest BCUT2D eigenvalue weighted by molar-refractivity contribution is 6.80. The average Bonchev–Trinajstić information content (AvgIpc) is 1.75. The summed E-state index contributed by atoms with van der Waals surface area (Å²) in [4.78, 5) is 2.00. The molecular formula is C5H16ClNSi. The van der Waals surface area contributed by atoms with Crippen LogP contribution in [0.25, 0.3) is 0 Å². The monoisotopic (exact) mass is 153 g/mol. The van der Waals surface area contributed by atoms with E-state index in [9.17, 15) is 0 Å². The van der Waals surface area contributed by atoms with Crippen molar-refractivity contribution in [1.82, 2.24) is 4.90 Å². The third-order valence-electron chi connectivity index (χ3n) is 0. The van der Waals surface area contributed by atoms with E-state index >= 15 is 0 Å². The Bertz CT molecular complexity index is 23.6. The molecule has 0 rings (SSSR count). The zero-order valence-electron chi connectivity index (χ0n) is 6.24. The van der Waals surface area contributed by atoms with Gasteiger partial charge in [0.2, 0.25) is 0 Å². The minimum absolute atomic E-state index is 0.778. The maximum absolute atomic E-state index is 4.78. The van der Waals surface area contributed by atoms with E-state index in [1.54, 1.807) is 0 Å². The number of halogens is 1. The lowest BCUT2D eigenvalue weighted by molar-refractivity contribution is 0.505. The van der Waals surface area contributed by atoms with Crippen LogP contribution >= 0.6 is 11.1 Å². The normalized spacial score (nSPS) is 6.12. The lowest BCUT2D eigenvalue weighted by atomic mass is 11.0. The summed E-state index contributed by atoms with van der Waals surface area (Å²) in [5.74, 6) is 0. The molecule has 52 valence electrons. The smallest absolute Gasteiger partial charge is 0.109 e. The standard InChI is InChI=1S/C3H9N.C2H4.ClH3Si/c1-4(2)3;2*1-2/h1-3H3;1-2H2;2H3. The first-order chi connectivity index (χ1) is 3.73. The van der Waals surface area contributed by atoms with Gasteiger partial charge in [0, 0.05) is 0 Å². The molecule has 0 amide bonds. The maximum atomic E-state index is 4.78. The molecule has 8 heavy (non-hydrogen) atoms. The number of rotatable bonds is 0. The van der Waals surface area contributed by atoms with Crippen LogP contribution < -0.4 is 0 Å². The van der Waals surface area contributed by atoms with Crippen molar-refractivity contribution in [3.8, 4) is 0 Å². The van der Waals surface area contributed by atoms with E-state index in [2.05, 4.69) is 13.2 Å². The van der Waals surface area contributed by atoms with Crippen molar-refractivity contribution in [2.75, 3.05) is 21.1 Å². The lowest BCUT2D eigenvalue weighted by Crippen LogP contribution is -1.99. The lowest BCUT2D eigenvalue weighted by Gasteiger charge is -1.90. The predicted molar refractivity (Wildman–Crippen MR) is 46.7 cm³/mol. The van der Waals surface area contributed by atoms with Crippen molar-refractivity contribution in [2.24, 2.45) is 0 Å². The summed E-state index contributed by atoms with van der Waals surface area (Å²) in [6.45, 7) is 6.00. The van der Waals surface area contributed by atoms with Gasteiger partial charge in [0.25, 0.3) is 0 Å². The molecule has 0 atom stereocenters. The molecule has 0 fully saturated rings. The summed E-state index contributed by atoms with van der Waals surface area (Å²) in [5.41, 5.74) is 0. The van der Waals surface area contributed by atoms with Gasteiger partial charge < -0.3 is 4.90 Å². The molecule has 0 aliphatic rings. The fraction of sp³-hybridized carbons (Fsp3) is 0.600. The van der Waals surface area contributed by atoms with E-state index in [-0.39, 0.29) is 0 Å². The van der Waals surface area contributed by atoms with Gasteiger partial charge in [-0.25, -0.2) is 0 Å². The van der Waals surface area contributed by atoms with Crippen molar-refractivity contribution in [3.05, 3.63) is 13.2 Å². The van der Waals surface area contributed by atoms with E-state index in [4.69, 9.17) is 11.1 Å². The molecule has 0 aromatic rings. The van der Waals surface area contributed by atoms with Gasteiger partial charge in [-0.1, -0.05) is 0 Å². The third-order valence-corrected chi connectivity index (χ3v) is 0. The first-order valence-corrected chi connectivity index (χ1v) is 5.24. The van der Waals surface area contributed by atoms with E-state index in [0.29, 0.717) is 0 Å². The summed E-state index contributed by atoms with van der Waals surface area (Å²) in [5, 5.41) is 0. The molecule has 0 radical (unpaired) electrons. The van der Waals surface area contributed by atoms with Gasteiger partial charge in [0.15, 0.2) is 0 Å². The first kappa shape index (κ1) is 15.7. The SMILES string of the molecule is C=C.CN(C)C.[SiH3]Cl. The van der Waals surface area contributed by atoms with Crippen molar-refractivity contribution in [3.63, 3.8) is 0 Å². The molecule has 0 saturated carbocycles. The third kappa shape index (κ3) is 3930. The average molecular weight is 154 g/mol. The molecule has 0 spiro atoms. The Morgan fingerprint density at radius 1 is 1.12 bits per heavy atom. The van der Waals surface area contributed by atoms with Crippen LogP contribution in [0.4, 0.5) is 0 Å². The summed E-state index contributed by atoms with van der Waals surface area (Å²) >= 11 is 4.78. The van der Waals surface area contributed by atoms with Gasteiger partial charge in [0.05, 0.1) is 0 Å². The molecule has 0 aromatic carbocycles. The molecule has 3 heteroatoms. The van der Waals surface area contributed by atoms with Crippen LogP contribution in [-0.4, -0.2) is 35.6 Å². The second-order valence-corrected chi connectivity index (χ2v) is 1.34. The fourth-order valence-electron chi connectivity index (χ4n) is 0. The summed E-state index contributed by atoms with van der Waals surface area (Å²) in [6, 6.07) is 0. The molecule has 0 aliphatic heterocycles. The van der Waals surface area contributed by atoms with Crippen molar-refractivity contribution in [2.45, 2.75) is 0 Å². The van der Waals surface area contributed by atoms with Gasteiger partial charge in [-0.15, -0.1) is 13.2 Å². The molecule has 0 unspecified atom stereocenters. The Morgan fingerprint density at radius 3 is 1.12 bits per heavy atom. The largest absolute Gasteiger partial charge is 0.312 e. The number of hydrogen-bond acceptors (Lipinski definition) is 1. The minimum atomic E-state index is 0.778. The van der Waals surface area contributed by atoms with Crippen LogP contribution in [0.15, 0.2) is 13.2 Å². The maximum Gasteiger partial charge on any atom is 0.109 e. The van der Waals surface area contributed by atoms with Crippen LogP contribution in [0.5, 0.6) is 0 Å². The van der Waals surface area contributed by atoms with Crippen LogP contribution in [0.3, 0.4) is 0 Å². The van der Waals surface area contributed by atoms with Gasteiger partial charge in [-0.05, 0) is 21.1 Å². The second-order valence-electron chi connectivity index (χ2n) is 1.34. The molecule has 0 aliphatic carbocycles. The summed E-state index contributed by atoms with van der Waals surface area (Å²) < 4.78 is 0. The van der Waals surface area contributed by atoms with Gasteiger partial charge >= 0.3 is 0 Å². The van der Waals surface area contributed by atoms with Crippen LogP contribution in [0.1, 0.15) is 0 Å². The van der Waals surface area contributed by atoms with E-state index in [1.165, 1.54) is 0 Å². The quantitative estimate of drug-likeness (QED) is 0.278. The first-order valence-electron chi connectivity index (χ1n) is 2.22. The van der Waals surface area contributed by atoms with E-state index in [0.717, 1.165) is 9.55 Å². The van der Waals surface area contributed by atoms with Crippen LogP contribution in [0.2, 0.25) is 0 Å². The zero-order valence-corrected chi connectivity index (χ0v) is 9.00. The molecule has 0 bridgehead atoms. The predicted octanol–water partition coefficient (Wildman–Crippen LogP) is 0.486. The second kappa shape index (κ2) is 27.0. The fourth-order valence-corrected chi connectivity index (χ4v) is 0. The Morgan fingerprint density at radius 2 is 1.12 bits per heavy atom. The zero-order chi connectivity index (χ0) is 7.58. The van der Waals surface area contributed by atoms with Crippen LogP contribution in [0, 0.1) is 0 Å². The molecule has 1 nitrogen and oxygen atoms in total. The van der Waals surface area contributed by atoms with E-state index < -0.39 is 0 Å². The minimum Gasteiger partial charge on any atom is -0.312 e. The number of hydrogen-bond donors (Lipinski definition) is 0. The Hall–Kier alpha value is 0.207. The number of nitrogens with zero attached hydrogens (tertiary/aromatic N) is 1. The molecular weight excluding hydrogens is 138 g/mol. The van der Waals surface area contributed by atoms with Crippen LogP contribution in [-0.2, 0) is 0 Å². The van der Waals surface area contributed by atoms with Gasteiger partial charge in [0.1, 0.15) is 9.55 Å². The molecule has 0 N–H and O–H groups in total. The Labute approximate surface area is 60.5 Å². The van der Waals surface area contributed by atoms with Gasteiger partial charge in [-0.2, -0.15) is 11.1 Å². The highest BCUT2D eigenvalue weighted by atomic mass is 35.6. The van der Waals surface area contributed by atoms with Crippen molar-refractivity contribution >= 4 is 20.6 Å². The topological polar surface area (TPSA) is 3.24 Å². The highest BCUT2D eigenvalue weighted by Gasteiger charge is 1.58. The summed E-state index contributed by atoms with van der Waals surface area (Å²) in [6.07, 6.45) is 0.